The number of hydrogen-bond donors (Lipinski definition) is 1. The number of hydrogen-bond acceptors (Lipinski definition) is 4. The van der Waals surface area contributed by atoms with Gasteiger partial charge >= 0.3 is 0 Å². The van der Waals surface area contributed by atoms with Gasteiger partial charge in [0.15, 0.2) is 5.16 Å². The van der Waals surface area contributed by atoms with Gasteiger partial charge in [0.05, 0.1) is 6.54 Å². The first-order valence-corrected chi connectivity index (χ1v) is 7.32. The molecule has 0 radical (unpaired) electrons. The third-order valence-corrected chi connectivity index (χ3v) is 4.19. The Morgan fingerprint density at radius 3 is 2.70 bits per heavy atom. The first kappa shape index (κ1) is 17.0. The van der Waals surface area contributed by atoms with Crippen LogP contribution >= 0.6 is 24.2 Å². The average Bonchev–Trinajstić information content (AvgIpc) is 2.73. The number of rotatable bonds is 5. The maximum atomic E-state index is 4.24. The lowest BCUT2D eigenvalue weighted by Crippen LogP contribution is -2.10. The molecule has 0 atom stereocenters. The summed E-state index contributed by atoms with van der Waals surface area (Å²) in [5.74, 6) is 1.89. The summed E-state index contributed by atoms with van der Waals surface area (Å²) in [6, 6.07) is 6.57. The normalized spacial score (nSPS) is 10.4. The zero-order valence-electron chi connectivity index (χ0n) is 12.3. The van der Waals surface area contributed by atoms with E-state index in [-0.39, 0.29) is 12.4 Å². The van der Waals surface area contributed by atoms with Gasteiger partial charge in [-0.3, -0.25) is 0 Å². The lowest BCUT2D eigenvalue weighted by Gasteiger charge is -2.07. The second-order valence-electron chi connectivity index (χ2n) is 4.71. The molecule has 0 aliphatic heterocycles. The third-order valence-electron chi connectivity index (χ3n) is 3.12. The second-order valence-corrected chi connectivity index (χ2v) is 5.65. The Morgan fingerprint density at radius 2 is 2.00 bits per heavy atom. The molecule has 0 bridgehead atoms. The van der Waals surface area contributed by atoms with E-state index in [1.54, 1.807) is 11.8 Å². The van der Waals surface area contributed by atoms with E-state index in [9.17, 15) is 0 Å². The molecule has 0 saturated heterocycles. The molecule has 2 aromatic rings. The van der Waals surface area contributed by atoms with E-state index < -0.39 is 0 Å². The molecule has 110 valence electrons. The first-order valence-electron chi connectivity index (χ1n) is 6.33. The van der Waals surface area contributed by atoms with Crippen molar-refractivity contribution < 1.29 is 0 Å². The summed E-state index contributed by atoms with van der Waals surface area (Å²) in [5, 5.41) is 12.5. The van der Waals surface area contributed by atoms with Crippen molar-refractivity contribution in [2.24, 2.45) is 7.05 Å². The Bertz CT molecular complexity index is 568. The van der Waals surface area contributed by atoms with Crippen LogP contribution in [0.1, 0.15) is 22.5 Å². The van der Waals surface area contributed by atoms with Gasteiger partial charge in [0, 0.05) is 12.8 Å². The third kappa shape index (κ3) is 3.98. The molecule has 1 N–H and O–H groups in total. The van der Waals surface area contributed by atoms with Crippen LogP contribution < -0.4 is 5.32 Å². The molecule has 0 aliphatic rings. The Kier molecular flexibility index (Phi) is 6.52. The van der Waals surface area contributed by atoms with Crippen LogP contribution in [-0.4, -0.2) is 21.8 Å². The molecule has 0 saturated carbocycles. The fourth-order valence-corrected chi connectivity index (χ4v) is 2.87. The quantitative estimate of drug-likeness (QED) is 0.862. The van der Waals surface area contributed by atoms with E-state index in [1.807, 2.05) is 18.7 Å². The molecular weight excluding hydrogens is 292 g/mol. The highest BCUT2D eigenvalue weighted by atomic mass is 35.5. The van der Waals surface area contributed by atoms with Gasteiger partial charge in [-0.25, -0.2) is 0 Å². The monoisotopic (exact) mass is 312 g/mol. The van der Waals surface area contributed by atoms with Gasteiger partial charge in [0.1, 0.15) is 5.82 Å². The van der Waals surface area contributed by atoms with Crippen molar-refractivity contribution in [1.82, 2.24) is 20.1 Å². The number of aromatic nitrogens is 3. The molecule has 0 aliphatic carbocycles. The van der Waals surface area contributed by atoms with Crippen molar-refractivity contribution in [3.63, 3.8) is 0 Å². The number of thioether (sulfide) groups is 1. The maximum Gasteiger partial charge on any atom is 0.191 e. The summed E-state index contributed by atoms with van der Waals surface area (Å²) in [6.45, 7) is 5.02. The van der Waals surface area contributed by atoms with Crippen LogP contribution in [-0.2, 0) is 19.3 Å². The van der Waals surface area contributed by atoms with E-state index in [4.69, 9.17) is 0 Å². The summed E-state index contributed by atoms with van der Waals surface area (Å²) in [4.78, 5) is 0. The van der Waals surface area contributed by atoms with Gasteiger partial charge in [-0.2, -0.15) is 0 Å². The van der Waals surface area contributed by atoms with E-state index in [0.29, 0.717) is 0 Å². The number of aryl methyl sites for hydroxylation is 2. The van der Waals surface area contributed by atoms with Crippen molar-refractivity contribution in [3.8, 4) is 0 Å². The van der Waals surface area contributed by atoms with Crippen molar-refractivity contribution in [2.45, 2.75) is 31.3 Å². The molecule has 0 fully saturated rings. The topological polar surface area (TPSA) is 42.7 Å². The predicted molar refractivity (Wildman–Crippen MR) is 86.5 cm³/mol. The number of nitrogens with one attached hydrogen (secondary N) is 1. The zero-order chi connectivity index (χ0) is 13.8. The van der Waals surface area contributed by atoms with Crippen LogP contribution in [0.2, 0.25) is 0 Å². The van der Waals surface area contributed by atoms with E-state index in [0.717, 1.165) is 23.3 Å². The summed E-state index contributed by atoms with van der Waals surface area (Å²) in [6.07, 6.45) is 0. The highest BCUT2D eigenvalue weighted by Crippen LogP contribution is 2.23. The Hall–Kier alpha value is -1.04. The molecule has 2 rings (SSSR count). The molecule has 1 heterocycles. The molecule has 0 spiro atoms. The lowest BCUT2D eigenvalue weighted by atomic mass is 10.1. The Balaban J connectivity index is 0.00000200. The van der Waals surface area contributed by atoms with Gasteiger partial charge < -0.3 is 9.88 Å². The fourth-order valence-electron chi connectivity index (χ4n) is 1.88. The SMILES string of the molecule is CNCc1nnc(SCc2cc(C)ccc2C)n1C.Cl. The fraction of sp³-hybridized carbons (Fsp3) is 0.429. The second kappa shape index (κ2) is 7.67. The number of benzene rings is 1. The molecule has 6 heteroatoms. The minimum Gasteiger partial charge on any atom is -0.313 e. The van der Waals surface area contributed by atoms with E-state index in [1.165, 1.54) is 16.7 Å². The first-order chi connectivity index (χ1) is 9.11. The summed E-state index contributed by atoms with van der Waals surface area (Å²) >= 11 is 1.73. The summed E-state index contributed by atoms with van der Waals surface area (Å²) in [7, 11) is 3.93. The summed E-state index contributed by atoms with van der Waals surface area (Å²) < 4.78 is 2.05. The van der Waals surface area contributed by atoms with Gasteiger partial charge in [-0.15, -0.1) is 22.6 Å². The molecule has 1 aromatic heterocycles. The molecule has 1 aromatic carbocycles. The lowest BCUT2D eigenvalue weighted by molar-refractivity contribution is 0.682. The average molecular weight is 313 g/mol. The predicted octanol–water partition coefficient (Wildman–Crippen LogP) is 2.87. The van der Waals surface area contributed by atoms with Crippen molar-refractivity contribution in [2.75, 3.05) is 7.05 Å². The Labute approximate surface area is 130 Å². The largest absolute Gasteiger partial charge is 0.313 e. The van der Waals surface area contributed by atoms with Crippen LogP contribution in [0.25, 0.3) is 0 Å². The van der Waals surface area contributed by atoms with Gasteiger partial charge in [0.25, 0.3) is 0 Å². The van der Waals surface area contributed by atoms with E-state index >= 15 is 0 Å². The zero-order valence-corrected chi connectivity index (χ0v) is 13.9. The highest BCUT2D eigenvalue weighted by Gasteiger charge is 2.09. The maximum absolute atomic E-state index is 4.24. The van der Waals surface area contributed by atoms with Gasteiger partial charge in [0.2, 0.25) is 0 Å². The van der Waals surface area contributed by atoms with Crippen LogP contribution in [0.5, 0.6) is 0 Å². The van der Waals surface area contributed by atoms with Crippen LogP contribution in [0.3, 0.4) is 0 Å². The number of halogens is 1. The van der Waals surface area contributed by atoms with Crippen LogP contribution in [0.15, 0.2) is 23.4 Å². The van der Waals surface area contributed by atoms with Crippen LogP contribution in [0, 0.1) is 13.8 Å². The van der Waals surface area contributed by atoms with Gasteiger partial charge in [-0.1, -0.05) is 35.5 Å². The van der Waals surface area contributed by atoms with Gasteiger partial charge in [-0.05, 0) is 32.0 Å². The smallest absolute Gasteiger partial charge is 0.191 e. The standard InChI is InChI=1S/C14H20N4S.ClH/c1-10-5-6-11(2)12(7-10)9-19-14-17-16-13(8-15-3)18(14)4;/h5-7,15H,8-9H2,1-4H3;1H. The molecule has 20 heavy (non-hydrogen) atoms. The minimum atomic E-state index is 0. The molecule has 4 nitrogen and oxygen atoms in total. The highest BCUT2D eigenvalue weighted by molar-refractivity contribution is 7.98. The summed E-state index contributed by atoms with van der Waals surface area (Å²) in [5.41, 5.74) is 3.99. The number of nitrogens with zero attached hydrogens (tertiary/aromatic N) is 3. The van der Waals surface area contributed by atoms with Crippen molar-refractivity contribution in [3.05, 3.63) is 40.7 Å². The van der Waals surface area contributed by atoms with Crippen molar-refractivity contribution >= 4 is 24.2 Å². The van der Waals surface area contributed by atoms with Crippen LogP contribution in [0.4, 0.5) is 0 Å². The van der Waals surface area contributed by atoms with E-state index in [2.05, 4.69) is 47.6 Å². The van der Waals surface area contributed by atoms with Crippen molar-refractivity contribution in [1.29, 1.82) is 0 Å². The Morgan fingerprint density at radius 1 is 1.25 bits per heavy atom. The molecule has 0 amide bonds. The molecule has 0 unspecified atom stereocenters. The minimum absolute atomic E-state index is 0. The molecular formula is C14H21ClN4S.